The van der Waals surface area contributed by atoms with Crippen molar-refractivity contribution >= 4 is 9.84 Å². The number of rotatable bonds is 2. The molecule has 1 saturated carbocycles. The van der Waals surface area contributed by atoms with Crippen LogP contribution in [0.1, 0.15) is 12.8 Å². The van der Waals surface area contributed by atoms with Crippen LogP contribution < -0.4 is 0 Å². The Balaban J connectivity index is 1.76. The summed E-state index contributed by atoms with van der Waals surface area (Å²) >= 11 is 0. The fourth-order valence-electron chi connectivity index (χ4n) is 4.08. The minimum atomic E-state index is -3.27. The summed E-state index contributed by atoms with van der Waals surface area (Å²) in [6.07, 6.45) is 8.62. The SMILES string of the molecule is O=S(=O)(C1=CC2CC1C1CC=CC21)c1ccccc1. The molecule has 1 fully saturated rings. The molecule has 19 heavy (non-hydrogen) atoms. The summed E-state index contributed by atoms with van der Waals surface area (Å²) in [4.78, 5) is 1.13. The summed E-state index contributed by atoms with van der Waals surface area (Å²) in [5, 5.41) is 0. The largest absolute Gasteiger partial charge is 0.219 e. The lowest BCUT2D eigenvalue weighted by Crippen LogP contribution is -2.21. The second kappa shape index (κ2) is 3.83. The van der Waals surface area contributed by atoms with E-state index >= 15 is 0 Å². The van der Waals surface area contributed by atoms with Crippen molar-refractivity contribution in [1.82, 2.24) is 0 Å². The molecule has 1 aromatic carbocycles. The van der Waals surface area contributed by atoms with Crippen LogP contribution in [0.25, 0.3) is 0 Å². The van der Waals surface area contributed by atoms with Gasteiger partial charge >= 0.3 is 0 Å². The molecule has 1 aromatic rings. The van der Waals surface area contributed by atoms with Crippen LogP contribution >= 0.6 is 0 Å². The van der Waals surface area contributed by atoms with Crippen molar-refractivity contribution in [3.8, 4) is 0 Å². The van der Waals surface area contributed by atoms with Gasteiger partial charge in [0, 0.05) is 4.91 Å². The van der Waals surface area contributed by atoms with Gasteiger partial charge in [0.05, 0.1) is 4.90 Å². The summed E-state index contributed by atoms with van der Waals surface area (Å²) in [6, 6.07) is 8.84. The molecular weight excluding hydrogens is 256 g/mol. The fraction of sp³-hybridized carbons (Fsp3) is 0.375. The first kappa shape index (κ1) is 11.5. The van der Waals surface area contributed by atoms with E-state index in [0.717, 1.165) is 12.8 Å². The van der Waals surface area contributed by atoms with Gasteiger partial charge in [0.25, 0.3) is 0 Å². The standard InChI is InChI=1S/C16H16O2S/c17-19(18,12-5-2-1-3-6-12)16-10-11-9-15(16)14-8-4-7-13(11)14/h1-7,10-11,13-15H,8-9H2. The average Bonchev–Trinajstić information content (AvgIpc) is 3.12. The fourth-order valence-corrected chi connectivity index (χ4v) is 5.89. The van der Waals surface area contributed by atoms with Gasteiger partial charge in [-0.05, 0) is 48.6 Å². The van der Waals surface area contributed by atoms with E-state index in [4.69, 9.17) is 0 Å². The summed E-state index contributed by atoms with van der Waals surface area (Å²) in [5.41, 5.74) is 0. The Morgan fingerprint density at radius 3 is 2.68 bits per heavy atom. The highest BCUT2D eigenvalue weighted by atomic mass is 32.2. The van der Waals surface area contributed by atoms with Crippen molar-refractivity contribution in [3.63, 3.8) is 0 Å². The zero-order valence-corrected chi connectivity index (χ0v) is 11.4. The first-order chi connectivity index (χ1) is 9.18. The Morgan fingerprint density at radius 1 is 1.11 bits per heavy atom. The van der Waals surface area contributed by atoms with Crippen LogP contribution in [0.4, 0.5) is 0 Å². The summed E-state index contributed by atoms with van der Waals surface area (Å²) < 4.78 is 25.4. The predicted octanol–water partition coefficient (Wildman–Crippen LogP) is 3.19. The van der Waals surface area contributed by atoms with Gasteiger partial charge in [-0.25, -0.2) is 8.42 Å². The van der Waals surface area contributed by atoms with E-state index in [1.54, 1.807) is 24.3 Å². The molecule has 0 aromatic heterocycles. The third-order valence-electron chi connectivity index (χ3n) is 4.91. The Bertz CT molecular complexity index is 670. The maximum Gasteiger partial charge on any atom is 0.202 e. The summed E-state index contributed by atoms with van der Waals surface area (Å²) in [7, 11) is -3.27. The third-order valence-corrected chi connectivity index (χ3v) is 6.86. The molecule has 3 heteroatoms. The molecule has 0 amide bonds. The van der Waals surface area contributed by atoms with Crippen molar-refractivity contribution in [1.29, 1.82) is 0 Å². The highest BCUT2D eigenvalue weighted by Gasteiger charge is 2.51. The lowest BCUT2D eigenvalue weighted by atomic mass is 9.85. The van der Waals surface area contributed by atoms with Crippen molar-refractivity contribution in [3.05, 3.63) is 53.5 Å². The molecular formula is C16H16O2S. The molecule has 0 radical (unpaired) electrons. The Morgan fingerprint density at radius 2 is 1.89 bits per heavy atom. The number of sulfone groups is 1. The molecule has 0 N–H and O–H groups in total. The molecule has 3 aliphatic carbocycles. The van der Waals surface area contributed by atoms with E-state index in [2.05, 4.69) is 12.2 Å². The normalized spacial score (nSPS) is 35.5. The van der Waals surface area contributed by atoms with Gasteiger partial charge in [-0.15, -0.1) is 0 Å². The van der Waals surface area contributed by atoms with Crippen molar-refractivity contribution in [2.75, 3.05) is 0 Å². The summed E-state index contributed by atoms with van der Waals surface area (Å²) in [6.45, 7) is 0. The minimum Gasteiger partial charge on any atom is -0.219 e. The van der Waals surface area contributed by atoms with Gasteiger partial charge in [0.2, 0.25) is 9.84 Å². The molecule has 3 aliphatic rings. The first-order valence-electron chi connectivity index (χ1n) is 6.86. The lowest BCUT2D eigenvalue weighted by molar-refractivity contribution is 0.391. The van der Waals surface area contributed by atoms with E-state index in [1.165, 1.54) is 0 Å². The monoisotopic (exact) mass is 272 g/mol. The second-order valence-electron chi connectivity index (χ2n) is 5.80. The second-order valence-corrected chi connectivity index (χ2v) is 7.75. The number of fused-ring (bicyclic) bond motifs is 5. The third kappa shape index (κ3) is 1.51. The van der Waals surface area contributed by atoms with Crippen molar-refractivity contribution in [2.45, 2.75) is 17.7 Å². The van der Waals surface area contributed by atoms with Crippen molar-refractivity contribution in [2.24, 2.45) is 23.7 Å². The van der Waals surface area contributed by atoms with Crippen LogP contribution in [0.3, 0.4) is 0 Å². The highest BCUT2D eigenvalue weighted by Crippen LogP contribution is 2.57. The lowest BCUT2D eigenvalue weighted by Gasteiger charge is -2.24. The molecule has 0 heterocycles. The van der Waals surface area contributed by atoms with Crippen molar-refractivity contribution < 1.29 is 8.42 Å². The molecule has 0 aliphatic heterocycles. The van der Waals surface area contributed by atoms with E-state index in [-0.39, 0.29) is 5.92 Å². The van der Waals surface area contributed by atoms with Crippen LogP contribution in [-0.4, -0.2) is 8.42 Å². The van der Waals surface area contributed by atoms with Gasteiger partial charge in [0.1, 0.15) is 0 Å². The van der Waals surface area contributed by atoms with E-state index in [9.17, 15) is 8.42 Å². The molecule has 98 valence electrons. The maximum absolute atomic E-state index is 12.7. The molecule has 0 saturated heterocycles. The van der Waals surface area contributed by atoms with E-state index in [1.807, 2.05) is 12.1 Å². The molecule has 4 atom stereocenters. The van der Waals surface area contributed by atoms with Crippen LogP contribution in [-0.2, 0) is 9.84 Å². The number of hydrogen-bond donors (Lipinski definition) is 0. The zero-order valence-electron chi connectivity index (χ0n) is 10.6. The molecule has 4 unspecified atom stereocenters. The molecule has 2 bridgehead atoms. The van der Waals surface area contributed by atoms with Gasteiger partial charge < -0.3 is 0 Å². The van der Waals surface area contributed by atoms with Gasteiger partial charge in [-0.3, -0.25) is 0 Å². The van der Waals surface area contributed by atoms with E-state index in [0.29, 0.717) is 27.6 Å². The Hall–Kier alpha value is -1.35. The smallest absolute Gasteiger partial charge is 0.202 e. The van der Waals surface area contributed by atoms with Crippen LogP contribution in [0.15, 0.2) is 58.4 Å². The Labute approximate surface area is 113 Å². The van der Waals surface area contributed by atoms with E-state index < -0.39 is 9.84 Å². The predicted molar refractivity (Wildman–Crippen MR) is 74.0 cm³/mol. The minimum absolute atomic E-state index is 0.246. The van der Waals surface area contributed by atoms with Crippen LogP contribution in [0.2, 0.25) is 0 Å². The Kier molecular flexibility index (Phi) is 2.31. The van der Waals surface area contributed by atoms with Gasteiger partial charge in [-0.2, -0.15) is 0 Å². The van der Waals surface area contributed by atoms with Gasteiger partial charge in [-0.1, -0.05) is 36.4 Å². The summed E-state index contributed by atoms with van der Waals surface area (Å²) in [5.74, 6) is 1.82. The number of allylic oxidation sites excluding steroid dienone is 4. The zero-order chi connectivity index (χ0) is 13.0. The molecule has 0 spiro atoms. The maximum atomic E-state index is 12.7. The quantitative estimate of drug-likeness (QED) is 0.775. The van der Waals surface area contributed by atoms with Crippen LogP contribution in [0, 0.1) is 23.7 Å². The van der Waals surface area contributed by atoms with Gasteiger partial charge in [0.15, 0.2) is 0 Å². The average molecular weight is 272 g/mol. The molecule has 2 nitrogen and oxygen atoms in total. The number of hydrogen-bond acceptors (Lipinski definition) is 2. The molecule has 4 rings (SSSR count). The first-order valence-corrected chi connectivity index (χ1v) is 8.35. The highest BCUT2D eigenvalue weighted by molar-refractivity contribution is 7.95. The topological polar surface area (TPSA) is 34.1 Å². The number of benzene rings is 1. The van der Waals surface area contributed by atoms with Crippen LogP contribution in [0.5, 0.6) is 0 Å².